The van der Waals surface area contributed by atoms with E-state index in [-0.39, 0.29) is 23.6 Å². The van der Waals surface area contributed by atoms with Crippen molar-refractivity contribution < 1.29 is 33.4 Å². The quantitative estimate of drug-likeness (QED) is 0.342. The number of esters is 1. The van der Waals surface area contributed by atoms with Crippen LogP contribution in [0.2, 0.25) is 0 Å². The highest BCUT2D eigenvalue weighted by atomic mass is 16.6. The summed E-state index contributed by atoms with van der Waals surface area (Å²) in [5.74, 6) is -0.170. The fraction of sp³-hybridized carbons (Fsp3) is 0.464. The van der Waals surface area contributed by atoms with Crippen molar-refractivity contribution >= 4 is 17.8 Å². The van der Waals surface area contributed by atoms with E-state index >= 15 is 0 Å². The van der Waals surface area contributed by atoms with Crippen LogP contribution in [0.15, 0.2) is 54.6 Å². The van der Waals surface area contributed by atoms with Gasteiger partial charge in [0.2, 0.25) is 5.78 Å². The molecule has 1 unspecified atom stereocenters. The van der Waals surface area contributed by atoms with Gasteiger partial charge in [0.1, 0.15) is 24.4 Å². The number of alkyl carbamates (subject to hydrolysis) is 1. The second-order valence-electron chi connectivity index (χ2n) is 10.9. The van der Waals surface area contributed by atoms with Crippen LogP contribution in [0.1, 0.15) is 55.6 Å². The topological polar surface area (TPSA) is 102 Å². The van der Waals surface area contributed by atoms with Gasteiger partial charge in [-0.3, -0.25) is 4.79 Å². The van der Waals surface area contributed by atoms with E-state index in [1.54, 1.807) is 57.2 Å². The summed E-state index contributed by atoms with van der Waals surface area (Å²) in [6, 6.07) is 14.3. The summed E-state index contributed by atoms with van der Waals surface area (Å²) in [5.41, 5.74) is 0.472. The Kier molecular flexibility index (Phi) is 7.36. The number of nitrogens with one attached hydrogen (secondary N) is 1. The van der Waals surface area contributed by atoms with Gasteiger partial charge in [-0.25, -0.2) is 9.59 Å². The number of carbonyl (C=O) groups excluding carboxylic acids is 3. The van der Waals surface area contributed by atoms with Crippen LogP contribution in [0, 0.1) is 5.92 Å². The molecule has 0 radical (unpaired) electrons. The highest BCUT2D eigenvalue weighted by molar-refractivity contribution is 5.97. The summed E-state index contributed by atoms with van der Waals surface area (Å²) in [6.07, 6.45) is 0.719. The SMILES string of the molecule is CC(C)(C)OC(=O)NC(C(=O)O[C@H]1C[N+]2(CC(=O)c3ccc(O)cc3)CCC1CC2)c1ccccc1. The van der Waals surface area contributed by atoms with Crippen LogP contribution in [0.4, 0.5) is 4.79 Å². The summed E-state index contributed by atoms with van der Waals surface area (Å²) >= 11 is 0. The van der Waals surface area contributed by atoms with E-state index in [9.17, 15) is 19.5 Å². The van der Waals surface area contributed by atoms with E-state index in [0.717, 1.165) is 25.9 Å². The summed E-state index contributed by atoms with van der Waals surface area (Å²) in [5, 5.41) is 12.2. The fourth-order valence-electron chi connectivity index (χ4n) is 5.19. The third-order valence-electron chi connectivity index (χ3n) is 7.01. The third kappa shape index (κ3) is 6.23. The number of aromatic hydroxyl groups is 1. The Morgan fingerprint density at radius 1 is 1.03 bits per heavy atom. The minimum atomic E-state index is -0.997. The zero-order valence-corrected chi connectivity index (χ0v) is 21.1. The number of piperidine rings is 3. The molecule has 1 amide bonds. The Morgan fingerprint density at radius 3 is 2.28 bits per heavy atom. The molecule has 3 saturated heterocycles. The molecule has 2 bridgehead atoms. The van der Waals surface area contributed by atoms with Gasteiger partial charge in [-0.2, -0.15) is 0 Å². The van der Waals surface area contributed by atoms with Crippen LogP contribution in [0.3, 0.4) is 0 Å². The molecule has 192 valence electrons. The second-order valence-corrected chi connectivity index (χ2v) is 10.9. The fourth-order valence-corrected chi connectivity index (χ4v) is 5.19. The average molecular weight is 496 g/mol. The largest absolute Gasteiger partial charge is 0.508 e. The monoisotopic (exact) mass is 495 g/mol. The number of benzene rings is 2. The predicted octanol–water partition coefficient (Wildman–Crippen LogP) is 3.99. The molecule has 2 N–H and O–H groups in total. The first kappa shape index (κ1) is 25.7. The van der Waals surface area contributed by atoms with Crippen molar-refractivity contribution in [1.82, 2.24) is 5.32 Å². The zero-order chi connectivity index (χ0) is 25.9. The van der Waals surface area contributed by atoms with Crippen molar-refractivity contribution in [3.05, 3.63) is 65.7 Å². The van der Waals surface area contributed by atoms with Crippen LogP contribution in [-0.4, -0.2) is 65.3 Å². The molecular formula is C28H35N2O6+. The van der Waals surface area contributed by atoms with Gasteiger partial charge in [-0.15, -0.1) is 0 Å². The maximum Gasteiger partial charge on any atom is 0.408 e. The molecule has 36 heavy (non-hydrogen) atoms. The standard InChI is InChI=1S/C28H34N2O6/c1-28(2,3)36-27(34)29-25(21-7-5-4-6-8-21)26(33)35-24-18-30(15-13-20(24)14-16-30)17-23(32)19-9-11-22(31)12-10-19/h4-12,20,24-25H,13-18H2,1-3H3,(H-,29,31,32,34)/p+1/t20?,24-,25?,30?/m0/s1. The Labute approximate surface area is 211 Å². The lowest BCUT2D eigenvalue weighted by Gasteiger charge is -2.51. The third-order valence-corrected chi connectivity index (χ3v) is 7.01. The maximum absolute atomic E-state index is 13.4. The van der Waals surface area contributed by atoms with E-state index < -0.39 is 23.7 Å². The number of quaternary nitrogens is 1. The van der Waals surface area contributed by atoms with Gasteiger partial charge in [0.05, 0.1) is 13.1 Å². The number of hydrogen-bond acceptors (Lipinski definition) is 6. The van der Waals surface area contributed by atoms with Gasteiger partial charge >= 0.3 is 12.1 Å². The van der Waals surface area contributed by atoms with Gasteiger partial charge in [0, 0.05) is 24.3 Å². The van der Waals surface area contributed by atoms with Crippen LogP contribution < -0.4 is 5.32 Å². The summed E-state index contributed by atoms with van der Waals surface area (Å²) in [4.78, 5) is 38.9. The predicted molar refractivity (Wildman–Crippen MR) is 133 cm³/mol. The number of fused-ring (bicyclic) bond motifs is 3. The molecule has 3 aliphatic rings. The average Bonchev–Trinajstić information content (AvgIpc) is 2.83. The van der Waals surface area contributed by atoms with Gasteiger partial charge in [-0.1, -0.05) is 30.3 Å². The number of phenols is 1. The molecule has 3 fully saturated rings. The van der Waals surface area contributed by atoms with Crippen molar-refractivity contribution in [2.75, 3.05) is 26.2 Å². The number of nitrogens with zero attached hydrogens (tertiary/aromatic N) is 1. The van der Waals surface area contributed by atoms with Crippen LogP contribution >= 0.6 is 0 Å². The van der Waals surface area contributed by atoms with Gasteiger partial charge < -0.3 is 24.4 Å². The summed E-state index contributed by atoms with van der Waals surface area (Å²) in [7, 11) is 0. The minimum Gasteiger partial charge on any atom is -0.508 e. The number of carbonyl (C=O) groups is 3. The highest BCUT2D eigenvalue weighted by Gasteiger charge is 2.49. The van der Waals surface area contributed by atoms with Crippen molar-refractivity contribution in [1.29, 1.82) is 0 Å². The number of ether oxygens (including phenoxy) is 2. The first-order chi connectivity index (χ1) is 17.0. The van der Waals surface area contributed by atoms with Gasteiger partial charge in [-0.05, 0) is 50.6 Å². The molecule has 2 atom stereocenters. The Balaban J connectivity index is 1.46. The molecule has 3 heterocycles. The van der Waals surface area contributed by atoms with Crippen molar-refractivity contribution in [2.24, 2.45) is 5.92 Å². The Morgan fingerprint density at radius 2 is 1.67 bits per heavy atom. The van der Waals surface area contributed by atoms with Crippen molar-refractivity contribution in [2.45, 2.75) is 51.4 Å². The molecule has 3 aliphatic heterocycles. The van der Waals surface area contributed by atoms with Crippen molar-refractivity contribution in [3.8, 4) is 5.75 Å². The van der Waals surface area contributed by atoms with E-state index in [1.165, 1.54) is 12.1 Å². The second kappa shape index (κ2) is 10.3. The number of Topliss-reactive ketones (excluding diaryl/α,β-unsaturated/α-hetero) is 1. The maximum atomic E-state index is 13.4. The first-order valence-corrected chi connectivity index (χ1v) is 12.5. The van der Waals surface area contributed by atoms with E-state index in [0.29, 0.717) is 28.7 Å². The molecular weight excluding hydrogens is 460 g/mol. The smallest absolute Gasteiger partial charge is 0.408 e. The lowest BCUT2D eigenvalue weighted by Crippen LogP contribution is -2.66. The van der Waals surface area contributed by atoms with E-state index in [4.69, 9.17) is 9.47 Å². The molecule has 0 saturated carbocycles. The summed E-state index contributed by atoms with van der Waals surface area (Å²) < 4.78 is 12.0. The Bertz CT molecular complexity index is 1090. The summed E-state index contributed by atoms with van der Waals surface area (Å²) in [6.45, 7) is 7.90. The highest BCUT2D eigenvalue weighted by Crippen LogP contribution is 2.36. The molecule has 0 spiro atoms. The van der Waals surface area contributed by atoms with E-state index in [2.05, 4.69) is 5.32 Å². The molecule has 0 aromatic heterocycles. The molecule has 8 heteroatoms. The normalized spacial score (nSPS) is 24.0. The molecule has 8 nitrogen and oxygen atoms in total. The van der Waals surface area contributed by atoms with Gasteiger partial charge in [0.25, 0.3) is 0 Å². The van der Waals surface area contributed by atoms with Crippen LogP contribution in [0.5, 0.6) is 5.75 Å². The van der Waals surface area contributed by atoms with E-state index in [1.807, 2.05) is 6.07 Å². The lowest BCUT2D eigenvalue weighted by molar-refractivity contribution is -0.938. The number of rotatable bonds is 7. The lowest BCUT2D eigenvalue weighted by atomic mass is 9.82. The van der Waals surface area contributed by atoms with Crippen LogP contribution in [-0.2, 0) is 14.3 Å². The molecule has 0 aliphatic carbocycles. The van der Waals surface area contributed by atoms with Gasteiger partial charge in [0.15, 0.2) is 12.1 Å². The minimum absolute atomic E-state index is 0.00850. The number of phenolic OH excluding ortho intramolecular Hbond substituents is 1. The Hall–Kier alpha value is -3.39. The number of hydrogen-bond donors (Lipinski definition) is 2. The molecule has 2 aromatic carbocycles. The zero-order valence-electron chi connectivity index (χ0n) is 21.1. The first-order valence-electron chi connectivity index (χ1n) is 12.5. The molecule has 2 aromatic rings. The molecule has 5 rings (SSSR count). The van der Waals surface area contributed by atoms with Crippen molar-refractivity contribution in [3.63, 3.8) is 0 Å². The van der Waals surface area contributed by atoms with Crippen LogP contribution in [0.25, 0.3) is 0 Å². The number of ketones is 1. The number of amides is 1.